The molecule has 0 aliphatic carbocycles. The Kier molecular flexibility index (Phi) is 28.3. The van der Waals surface area contributed by atoms with Gasteiger partial charge in [0.15, 0.2) is 0 Å². The second kappa shape index (κ2) is 22.3. The van der Waals surface area contributed by atoms with Crippen molar-refractivity contribution in [3.63, 3.8) is 0 Å². The Labute approximate surface area is 176 Å². The van der Waals surface area contributed by atoms with Gasteiger partial charge in [0.05, 0.1) is 22.9 Å². The standard InChI is InChI=1S/C13H24IN3O3.3C2H6/c1-6-12(19)16(5)11(9-10(2)18)13(20)17(14)8-7-15(3)4;3*1-2/h11H,6-9H2,1-5H3;3*1-2H3/t11-;;;/m0.../s1. The molecule has 0 radical (unpaired) electrons. The van der Waals surface area contributed by atoms with Gasteiger partial charge < -0.3 is 9.80 Å². The van der Waals surface area contributed by atoms with Crippen molar-refractivity contribution < 1.29 is 14.4 Å². The summed E-state index contributed by atoms with van der Waals surface area (Å²) in [6, 6.07) is -0.709. The molecule has 0 N–H and O–H groups in total. The molecular weight excluding hydrogens is 445 g/mol. The average molecular weight is 487 g/mol. The number of carbonyl (C=O) groups is 3. The van der Waals surface area contributed by atoms with E-state index >= 15 is 0 Å². The summed E-state index contributed by atoms with van der Waals surface area (Å²) in [6.45, 7) is 16.5. The lowest BCUT2D eigenvalue weighted by molar-refractivity contribution is -0.142. The molecule has 7 heteroatoms. The van der Waals surface area contributed by atoms with Crippen LogP contribution in [0.5, 0.6) is 0 Å². The van der Waals surface area contributed by atoms with Crippen molar-refractivity contribution in [1.29, 1.82) is 0 Å². The Balaban J connectivity index is -0.000000362. The van der Waals surface area contributed by atoms with Crippen molar-refractivity contribution in [2.45, 2.75) is 74.3 Å². The third-order valence-electron chi connectivity index (χ3n) is 2.91. The van der Waals surface area contributed by atoms with E-state index < -0.39 is 6.04 Å². The summed E-state index contributed by atoms with van der Waals surface area (Å²) in [5.41, 5.74) is 0. The zero-order chi connectivity index (χ0) is 21.9. The first-order valence-corrected chi connectivity index (χ1v) is 10.5. The highest BCUT2D eigenvalue weighted by Gasteiger charge is 2.30. The fraction of sp³-hybridized carbons (Fsp3) is 0.842. The molecule has 0 heterocycles. The van der Waals surface area contributed by atoms with E-state index in [1.165, 1.54) is 11.8 Å². The van der Waals surface area contributed by atoms with Crippen LogP contribution in [0, 0.1) is 0 Å². The Morgan fingerprint density at radius 3 is 1.62 bits per heavy atom. The zero-order valence-corrected chi connectivity index (χ0v) is 21.0. The van der Waals surface area contributed by atoms with E-state index in [9.17, 15) is 14.4 Å². The summed E-state index contributed by atoms with van der Waals surface area (Å²) in [5.74, 6) is -0.439. The molecule has 6 nitrogen and oxygen atoms in total. The lowest BCUT2D eigenvalue weighted by Gasteiger charge is -2.29. The summed E-state index contributed by atoms with van der Waals surface area (Å²) < 4.78 is 1.55. The maximum atomic E-state index is 12.4. The molecule has 0 aliphatic heterocycles. The van der Waals surface area contributed by atoms with Gasteiger partial charge in [-0.2, -0.15) is 0 Å². The van der Waals surface area contributed by atoms with Gasteiger partial charge in [0.25, 0.3) is 5.91 Å². The van der Waals surface area contributed by atoms with E-state index in [-0.39, 0.29) is 24.0 Å². The summed E-state index contributed by atoms with van der Waals surface area (Å²) in [6.07, 6.45) is 0.375. The third kappa shape index (κ3) is 16.8. The van der Waals surface area contributed by atoms with E-state index in [2.05, 4.69) is 0 Å². The lowest BCUT2D eigenvalue weighted by atomic mass is 10.1. The number of halogens is 1. The van der Waals surface area contributed by atoms with Gasteiger partial charge in [-0.1, -0.05) is 48.5 Å². The van der Waals surface area contributed by atoms with Crippen LogP contribution in [0.3, 0.4) is 0 Å². The van der Waals surface area contributed by atoms with E-state index in [4.69, 9.17) is 0 Å². The largest absolute Gasteiger partial charge is 0.333 e. The number of rotatable bonds is 8. The van der Waals surface area contributed by atoms with Gasteiger partial charge in [-0.15, -0.1) is 0 Å². The molecule has 0 aromatic rings. The first-order valence-electron chi connectivity index (χ1n) is 9.57. The van der Waals surface area contributed by atoms with Gasteiger partial charge in [0.1, 0.15) is 11.8 Å². The highest BCUT2D eigenvalue weighted by molar-refractivity contribution is 14.1. The molecule has 26 heavy (non-hydrogen) atoms. The second-order valence-corrected chi connectivity index (χ2v) is 6.17. The van der Waals surface area contributed by atoms with E-state index in [1.54, 1.807) is 17.1 Å². The number of carbonyl (C=O) groups excluding carboxylic acids is 3. The quantitative estimate of drug-likeness (QED) is 0.383. The van der Waals surface area contributed by atoms with Crippen LogP contribution in [-0.2, 0) is 14.4 Å². The molecule has 0 rings (SSSR count). The fourth-order valence-electron chi connectivity index (χ4n) is 1.65. The summed E-state index contributed by atoms with van der Waals surface area (Å²) >= 11 is 1.94. The number of hydrogen-bond donors (Lipinski definition) is 0. The second-order valence-electron chi connectivity index (χ2n) is 5.01. The zero-order valence-electron chi connectivity index (χ0n) is 18.9. The third-order valence-corrected chi connectivity index (χ3v) is 3.87. The van der Waals surface area contributed by atoms with Gasteiger partial charge in [-0.05, 0) is 21.0 Å². The number of ketones is 1. The molecule has 0 bridgehead atoms. The predicted molar refractivity (Wildman–Crippen MR) is 120 cm³/mol. The van der Waals surface area contributed by atoms with Crippen molar-refractivity contribution >= 4 is 40.5 Å². The molecule has 0 saturated heterocycles. The molecule has 0 aromatic carbocycles. The molecule has 158 valence electrons. The Bertz CT molecular complexity index is 364. The molecular formula is C19H42IN3O3. The highest BCUT2D eigenvalue weighted by Crippen LogP contribution is 2.12. The van der Waals surface area contributed by atoms with Gasteiger partial charge in [-0.3, -0.25) is 17.5 Å². The van der Waals surface area contributed by atoms with Crippen molar-refractivity contribution in [2.75, 3.05) is 34.2 Å². The van der Waals surface area contributed by atoms with Gasteiger partial charge in [-0.25, -0.2) is 0 Å². The first kappa shape index (κ1) is 32.9. The van der Waals surface area contributed by atoms with Crippen LogP contribution in [0.4, 0.5) is 0 Å². The molecule has 1 atom stereocenters. The van der Waals surface area contributed by atoms with Crippen molar-refractivity contribution in [2.24, 2.45) is 0 Å². The van der Waals surface area contributed by atoms with Crippen molar-refractivity contribution in [1.82, 2.24) is 12.9 Å². The maximum absolute atomic E-state index is 12.4. The summed E-state index contributed by atoms with van der Waals surface area (Å²) in [4.78, 5) is 38.9. The Morgan fingerprint density at radius 1 is 0.885 bits per heavy atom. The monoisotopic (exact) mass is 487 g/mol. The summed E-state index contributed by atoms with van der Waals surface area (Å²) in [7, 11) is 5.43. The summed E-state index contributed by atoms with van der Waals surface area (Å²) in [5, 5.41) is 0. The Morgan fingerprint density at radius 2 is 1.31 bits per heavy atom. The van der Waals surface area contributed by atoms with Crippen LogP contribution in [0.15, 0.2) is 0 Å². The molecule has 2 amide bonds. The van der Waals surface area contributed by atoms with Crippen LogP contribution in [0.25, 0.3) is 0 Å². The van der Waals surface area contributed by atoms with Crippen LogP contribution >= 0.6 is 22.9 Å². The number of Topliss-reactive ketones (excluding diaryl/α,β-unsaturated/α-hetero) is 1. The minimum Gasteiger partial charge on any atom is -0.333 e. The number of hydrogen-bond acceptors (Lipinski definition) is 4. The van der Waals surface area contributed by atoms with Crippen molar-refractivity contribution in [3.05, 3.63) is 0 Å². The SMILES string of the molecule is CC.CC.CC.CCC(=O)N(C)[C@@H](CC(C)=O)C(=O)N(I)CCN(C)C. The smallest absolute Gasteiger partial charge is 0.254 e. The van der Waals surface area contributed by atoms with Crippen LogP contribution in [0.1, 0.15) is 68.2 Å². The van der Waals surface area contributed by atoms with Crippen LogP contribution in [0.2, 0.25) is 0 Å². The van der Waals surface area contributed by atoms with Gasteiger partial charge in [0, 0.05) is 33.0 Å². The number of amides is 2. The van der Waals surface area contributed by atoms with E-state index in [0.29, 0.717) is 13.0 Å². The maximum Gasteiger partial charge on any atom is 0.254 e. The van der Waals surface area contributed by atoms with Crippen LogP contribution in [-0.4, -0.2) is 70.8 Å². The van der Waals surface area contributed by atoms with Crippen molar-refractivity contribution in [3.8, 4) is 0 Å². The van der Waals surface area contributed by atoms with E-state index in [0.717, 1.165) is 6.54 Å². The average Bonchev–Trinajstić information content (AvgIpc) is 2.66. The number of nitrogens with zero attached hydrogens (tertiary/aromatic N) is 3. The normalized spacial score (nSPS) is 10.0. The van der Waals surface area contributed by atoms with E-state index in [1.807, 2.05) is 83.4 Å². The topological polar surface area (TPSA) is 60.9 Å². The van der Waals surface area contributed by atoms with Gasteiger partial charge >= 0.3 is 0 Å². The van der Waals surface area contributed by atoms with Crippen LogP contribution < -0.4 is 0 Å². The molecule has 0 spiro atoms. The molecule has 0 aliphatic rings. The first-order chi connectivity index (χ1) is 12.2. The minimum absolute atomic E-state index is 0.0581. The lowest BCUT2D eigenvalue weighted by Crippen LogP contribution is -2.48. The molecule has 0 unspecified atom stereocenters. The van der Waals surface area contributed by atoms with Gasteiger partial charge in [0.2, 0.25) is 5.91 Å². The minimum atomic E-state index is -0.709. The molecule has 0 aromatic heterocycles. The molecule has 0 saturated carbocycles. The predicted octanol–water partition coefficient (Wildman–Crippen LogP) is 4.02. The highest BCUT2D eigenvalue weighted by atomic mass is 127. The molecule has 0 fully saturated rings. The Hall–Kier alpha value is -0.700. The fourth-order valence-corrected chi connectivity index (χ4v) is 2.18. The number of likely N-dealkylation sites (N-methyl/N-ethyl adjacent to an activating group) is 2.